The van der Waals surface area contributed by atoms with Crippen LogP contribution in [0.4, 0.5) is 22.7 Å². The van der Waals surface area contributed by atoms with Crippen molar-refractivity contribution in [3.8, 4) is 23.0 Å². The molecular weight excluding hydrogens is 809 g/mol. The summed E-state index contributed by atoms with van der Waals surface area (Å²) in [6.45, 7) is 7.74. The molecule has 8 rings (SSSR count). The lowest BCUT2D eigenvalue weighted by Crippen LogP contribution is -2.30. The first-order chi connectivity index (χ1) is 31.0. The van der Waals surface area contributed by atoms with Gasteiger partial charge in [-0.3, -0.25) is 19.2 Å². The third kappa shape index (κ3) is 9.31. The Morgan fingerprint density at radius 1 is 0.469 bits per heavy atom. The largest absolute Gasteiger partial charge is 0.506 e. The highest BCUT2D eigenvalue weighted by atomic mass is 16.5. The second kappa shape index (κ2) is 19.4. The quantitative estimate of drug-likeness (QED) is 0.0273. The van der Waals surface area contributed by atoms with Crippen LogP contribution in [0.1, 0.15) is 45.2 Å². The molecule has 2 aliphatic rings. The first-order valence-corrected chi connectivity index (χ1v) is 20.1. The Hall–Kier alpha value is -8.64. The normalized spacial score (nSPS) is 13.1. The van der Waals surface area contributed by atoms with Gasteiger partial charge < -0.3 is 31.2 Å². The first-order valence-electron chi connectivity index (χ1n) is 20.1. The van der Waals surface area contributed by atoms with Crippen molar-refractivity contribution in [2.45, 2.75) is 11.8 Å². The van der Waals surface area contributed by atoms with Crippen molar-refractivity contribution in [1.29, 1.82) is 0 Å². The molecular formula is C52H44N4O8. The van der Waals surface area contributed by atoms with Crippen molar-refractivity contribution in [3.05, 3.63) is 216 Å². The number of nitrogens with zero attached hydrogens (tertiary/aromatic N) is 2. The molecule has 0 aliphatic carbocycles. The molecule has 12 nitrogen and oxygen atoms in total. The van der Waals surface area contributed by atoms with E-state index in [1.807, 2.05) is 84.9 Å². The summed E-state index contributed by atoms with van der Waals surface area (Å²) in [4.78, 5) is 51.9. The lowest BCUT2D eigenvalue weighted by Gasteiger charge is -2.25. The Kier molecular flexibility index (Phi) is 13.2. The summed E-state index contributed by atoms with van der Waals surface area (Å²) in [7, 11) is 0. The van der Waals surface area contributed by atoms with Gasteiger partial charge in [0.1, 0.15) is 36.2 Å². The van der Waals surface area contributed by atoms with E-state index in [-0.39, 0.29) is 36.5 Å². The molecule has 6 N–H and O–H groups in total. The van der Waals surface area contributed by atoms with Crippen LogP contribution in [0.5, 0.6) is 23.0 Å². The Morgan fingerprint density at radius 3 is 1.12 bits per heavy atom. The summed E-state index contributed by atoms with van der Waals surface area (Å²) in [5.74, 6) is -1.53. The molecule has 0 aromatic heterocycles. The molecule has 2 aliphatic heterocycles. The van der Waals surface area contributed by atoms with Gasteiger partial charge in [0.05, 0.1) is 22.7 Å². The van der Waals surface area contributed by atoms with Gasteiger partial charge in [0.2, 0.25) is 0 Å². The van der Waals surface area contributed by atoms with E-state index in [9.17, 15) is 29.4 Å². The van der Waals surface area contributed by atoms with Crippen LogP contribution in [-0.2, 0) is 19.2 Å². The van der Waals surface area contributed by atoms with E-state index in [1.165, 1.54) is 24.3 Å². The highest BCUT2D eigenvalue weighted by Crippen LogP contribution is 2.42. The fourth-order valence-corrected chi connectivity index (χ4v) is 7.52. The number of hydrogen-bond acceptors (Lipinski definition) is 10. The van der Waals surface area contributed by atoms with Crippen molar-refractivity contribution in [3.63, 3.8) is 0 Å². The van der Waals surface area contributed by atoms with Gasteiger partial charge in [-0.2, -0.15) is 0 Å². The number of anilines is 4. The summed E-state index contributed by atoms with van der Waals surface area (Å²) in [6.07, 6.45) is 8.04. The van der Waals surface area contributed by atoms with Crippen molar-refractivity contribution in [2.24, 2.45) is 0 Å². The molecule has 0 atom stereocenters. The van der Waals surface area contributed by atoms with Crippen LogP contribution < -0.4 is 30.7 Å². The molecule has 0 fully saturated rings. The van der Waals surface area contributed by atoms with Gasteiger partial charge in [-0.05, 0) is 81.9 Å². The van der Waals surface area contributed by atoms with E-state index in [4.69, 9.17) is 20.9 Å². The molecule has 6 aromatic carbocycles. The summed E-state index contributed by atoms with van der Waals surface area (Å²) in [5.41, 5.74) is 18.1. The van der Waals surface area contributed by atoms with Crippen LogP contribution in [0.25, 0.3) is 0 Å². The topological polar surface area (TPSA) is 186 Å². The Balaban J connectivity index is 0.000000225. The molecule has 0 radical (unpaired) electrons. The standard InChI is InChI=1S/C33H26N2O6.C19H18N2O2/c1-3-18-40-27-20-23(10-12-25(27)34-29(36)14-15-30(34)37)33(22-8-6-5-7-9-22)24-11-13-26(28(21-24)41-19-4-2)35-31(38)16-17-32(35)39;20-15-8-6-13(10-17(15)22)19(12-4-2-1-3-5-12)14-7-9-16(21)18(23)11-14/h3-17,20-21,33H,1-2,18-19H2;1-11,19,22-23H,20-21H2. The molecule has 4 amide bonds. The number of nitrogen functional groups attached to an aromatic ring is 2. The monoisotopic (exact) mass is 852 g/mol. The van der Waals surface area contributed by atoms with Crippen molar-refractivity contribution < 1.29 is 38.9 Å². The maximum absolute atomic E-state index is 12.4. The number of amides is 4. The fourth-order valence-electron chi connectivity index (χ4n) is 7.52. The minimum Gasteiger partial charge on any atom is -0.506 e. The second-order valence-electron chi connectivity index (χ2n) is 14.7. The minimum absolute atomic E-state index is 0.0445. The van der Waals surface area contributed by atoms with Crippen molar-refractivity contribution in [1.82, 2.24) is 0 Å². The third-order valence-electron chi connectivity index (χ3n) is 10.5. The Labute approximate surface area is 369 Å². The molecule has 0 bridgehead atoms. The van der Waals surface area contributed by atoms with Crippen LogP contribution in [0.2, 0.25) is 0 Å². The molecule has 6 aromatic rings. The van der Waals surface area contributed by atoms with Gasteiger partial charge >= 0.3 is 0 Å². The number of ether oxygens (including phenoxy) is 2. The maximum atomic E-state index is 12.4. The number of hydrogen-bond donors (Lipinski definition) is 4. The van der Waals surface area contributed by atoms with Gasteiger partial charge in [0.25, 0.3) is 23.6 Å². The van der Waals surface area contributed by atoms with E-state index in [0.717, 1.165) is 43.2 Å². The molecule has 12 heteroatoms. The zero-order valence-corrected chi connectivity index (χ0v) is 34.5. The van der Waals surface area contributed by atoms with E-state index < -0.39 is 23.6 Å². The predicted molar refractivity (Wildman–Crippen MR) is 247 cm³/mol. The third-order valence-corrected chi connectivity index (χ3v) is 10.5. The summed E-state index contributed by atoms with van der Waals surface area (Å²) >= 11 is 0. The lowest BCUT2D eigenvalue weighted by molar-refractivity contribution is -0.121. The van der Waals surface area contributed by atoms with E-state index in [1.54, 1.807) is 60.7 Å². The highest BCUT2D eigenvalue weighted by Gasteiger charge is 2.31. The van der Waals surface area contributed by atoms with Gasteiger partial charge in [0.15, 0.2) is 0 Å². The first kappa shape index (κ1) is 43.4. The average molecular weight is 853 g/mol. The maximum Gasteiger partial charge on any atom is 0.258 e. The Bertz CT molecular complexity index is 2630. The number of nitrogens with two attached hydrogens (primary N) is 2. The summed E-state index contributed by atoms with van der Waals surface area (Å²) in [5, 5.41) is 19.9. The lowest BCUT2D eigenvalue weighted by atomic mass is 9.84. The molecule has 320 valence electrons. The number of rotatable bonds is 14. The van der Waals surface area contributed by atoms with Gasteiger partial charge in [0, 0.05) is 36.1 Å². The van der Waals surface area contributed by atoms with Crippen molar-refractivity contribution >= 4 is 46.4 Å². The molecule has 0 saturated carbocycles. The van der Waals surface area contributed by atoms with Crippen LogP contribution >= 0.6 is 0 Å². The van der Waals surface area contributed by atoms with Crippen LogP contribution in [-0.4, -0.2) is 47.1 Å². The van der Waals surface area contributed by atoms with Gasteiger partial charge in [-0.25, -0.2) is 9.80 Å². The number of phenols is 2. The minimum atomic E-state index is -0.453. The predicted octanol–water partition coefficient (Wildman–Crippen LogP) is 8.30. The van der Waals surface area contributed by atoms with Crippen LogP contribution in [0.15, 0.2) is 183 Å². The Morgan fingerprint density at radius 2 is 0.797 bits per heavy atom. The van der Waals surface area contributed by atoms with Crippen LogP contribution in [0.3, 0.4) is 0 Å². The van der Waals surface area contributed by atoms with Gasteiger partial charge in [-0.15, -0.1) is 0 Å². The number of carbonyl (C=O) groups excluding carboxylic acids is 4. The van der Waals surface area contributed by atoms with E-state index in [2.05, 4.69) is 13.2 Å². The van der Waals surface area contributed by atoms with Crippen LogP contribution in [0, 0.1) is 0 Å². The summed E-state index contributed by atoms with van der Waals surface area (Å²) in [6, 6.07) is 40.6. The fraction of sp³-hybridized carbons (Fsp3) is 0.0769. The molecule has 0 unspecified atom stereocenters. The van der Waals surface area contributed by atoms with Gasteiger partial charge in [-0.1, -0.05) is 110 Å². The van der Waals surface area contributed by atoms with E-state index in [0.29, 0.717) is 34.2 Å². The molecule has 64 heavy (non-hydrogen) atoms. The number of imide groups is 2. The second-order valence-corrected chi connectivity index (χ2v) is 14.7. The average Bonchev–Trinajstić information content (AvgIpc) is 3.82. The SMILES string of the molecule is C=CCOc1cc(C(c2ccccc2)c2ccc(N3C(=O)C=CC3=O)c(OCC=C)c2)ccc1N1C(=O)C=CC1=O.Nc1ccc(C(c2ccccc2)c2ccc(N)c(O)c2)cc1O. The highest BCUT2D eigenvalue weighted by molar-refractivity contribution is 6.29. The van der Waals surface area contributed by atoms with E-state index >= 15 is 0 Å². The smallest absolute Gasteiger partial charge is 0.258 e. The summed E-state index contributed by atoms with van der Waals surface area (Å²) < 4.78 is 11.9. The van der Waals surface area contributed by atoms with Crippen molar-refractivity contribution in [2.75, 3.05) is 34.5 Å². The number of phenolic OH excluding ortho intramolecular Hbond substituents is 2. The molecule has 2 heterocycles. The molecule has 0 saturated heterocycles. The number of aromatic hydroxyl groups is 2. The molecule has 0 spiro atoms. The number of benzene rings is 6. The zero-order valence-electron chi connectivity index (χ0n) is 34.5. The zero-order chi connectivity index (χ0) is 45.3. The number of carbonyl (C=O) groups is 4.